The molecule has 1 saturated carbocycles. The number of methoxy groups -OCH3 is 1. The lowest BCUT2D eigenvalue weighted by atomic mass is 10.2. The zero-order chi connectivity index (χ0) is 14.1. The van der Waals surface area contributed by atoms with Crippen LogP contribution in [0.2, 0.25) is 0 Å². The van der Waals surface area contributed by atoms with E-state index in [0.717, 1.165) is 12.5 Å². The van der Waals surface area contributed by atoms with Crippen LogP contribution in [0, 0.1) is 5.92 Å². The number of hydrogen-bond donors (Lipinski definition) is 1. The van der Waals surface area contributed by atoms with E-state index in [9.17, 15) is 4.79 Å². The van der Waals surface area contributed by atoms with Crippen LogP contribution in [0.3, 0.4) is 0 Å². The minimum atomic E-state index is -0.478. The van der Waals surface area contributed by atoms with Gasteiger partial charge in [-0.05, 0) is 30.9 Å². The van der Waals surface area contributed by atoms with Crippen molar-refractivity contribution >= 4 is 5.91 Å². The first-order valence-electron chi connectivity index (χ1n) is 7.02. The number of carbonyl (C=O) groups is 1. The van der Waals surface area contributed by atoms with Crippen molar-refractivity contribution in [3.8, 4) is 11.5 Å². The van der Waals surface area contributed by atoms with Crippen molar-refractivity contribution in [2.24, 2.45) is 11.7 Å². The molecule has 1 aromatic rings. The minimum Gasteiger partial charge on any atom is -0.497 e. The third kappa shape index (κ3) is 3.04. The van der Waals surface area contributed by atoms with Gasteiger partial charge in [-0.2, -0.15) is 0 Å². The third-order valence-corrected chi connectivity index (χ3v) is 3.90. The van der Waals surface area contributed by atoms with Gasteiger partial charge in [0.2, 0.25) is 0 Å². The number of amides is 1. The Bertz CT molecular complexity index is 514. The highest BCUT2D eigenvalue weighted by atomic mass is 16.5. The van der Waals surface area contributed by atoms with E-state index >= 15 is 0 Å². The van der Waals surface area contributed by atoms with Crippen LogP contribution in [0.5, 0.6) is 11.5 Å². The van der Waals surface area contributed by atoms with E-state index in [1.165, 1.54) is 19.4 Å². The normalized spacial score (nSPS) is 24.2. The molecule has 108 valence electrons. The fourth-order valence-electron chi connectivity index (χ4n) is 2.38. The molecule has 2 aliphatic rings. The summed E-state index contributed by atoms with van der Waals surface area (Å²) in [5, 5.41) is 0. The summed E-state index contributed by atoms with van der Waals surface area (Å²) in [6, 6.07) is 5.55. The van der Waals surface area contributed by atoms with Gasteiger partial charge in [0.15, 0.2) is 0 Å². The van der Waals surface area contributed by atoms with Crippen molar-refractivity contribution in [1.82, 2.24) is 4.90 Å². The molecular formula is C15H20N2O3. The molecular weight excluding hydrogens is 256 g/mol. The number of rotatable bonds is 7. The van der Waals surface area contributed by atoms with Crippen LogP contribution in [0.25, 0.3) is 0 Å². The van der Waals surface area contributed by atoms with Crippen LogP contribution < -0.4 is 15.2 Å². The molecule has 2 unspecified atom stereocenters. The van der Waals surface area contributed by atoms with E-state index in [4.69, 9.17) is 15.2 Å². The van der Waals surface area contributed by atoms with Gasteiger partial charge in [-0.3, -0.25) is 9.69 Å². The minimum absolute atomic E-state index is 0.403. The first-order valence-corrected chi connectivity index (χ1v) is 7.02. The van der Waals surface area contributed by atoms with Crippen molar-refractivity contribution in [2.45, 2.75) is 18.9 Å². The van der Waals surface area contributed by atoms with Crippen LogP contribution in [0.15, 0.2) is 18.2 Å². The predicted molar refractivity (Wildman–Crippen MR) is 75.1 cm³/mol. The highest BCUT2D eigenvalue weighted by molar-refractivity contribution is 5.95. The second-order valence-corrected chi connectivity index (χ2v) is 5.59. The van der Waals surface area contributed by atoms with E-state index in [0.29, 0.717) is 29.7 Å². The lowest BCUT2D eigenvalue weighted by molar-refractivity contribution is 0.0996. The lowest BCUT2D eigenvalue weighted by Crippen LogP contribution is -2.16. The zero-order valence-electron chi connectivity index (χ0n) is 11.7. The number of hydrogen-bond acceptors (Lipinski definition) is 4. The zero-order valence-corrected chi connectivity index (χ0v) is 11.7. The first-order chi connectivity index (χ1) is 9.67. The molecule has 1 saturated heterocycles. The van der Waals surface area contributed by atoms with Crippen molar-refractivity contribution in [1.29, 1.82) is 0 Å². The molecule has 0 spiro atoms. The molecule has 20 heavy (non-hydrogen) atoms. The highest BCUT2D eigenvalue weighted by Crippen LogP contribution is 2.34. The van der Waals surface area contributed by atoms with Crippen LogP contribution >= 0.6 is 0 Å². The van der Waals surface area contributed by atoms with Crippen LogP contribution in [-0.4, -0.2) is 43.7 Å². The first kappa shape index (κ1) is 13.2. The molecule has 0 aromatic heterocycles. The standard InChI is InChI=1S/C15H20N2O3/c1-19-12-4-5-13(15(16)18)14(6-12)20-9-11-8-17(11)7-10-2-3-10/h4-6,10-11H,2-3,7-9H2,1H3,(H2,16,18). The fourth-order valence-corrected chi connectivity index (χ4v) is 2.38. The van der Waals surface area contributed by atoms with E-state index in [-0.39, 0.29) is 0 Å². The van der Waals surface area contributed by atoms with Crippen molar-refractivity contribution in [2.75, 3.05) is 26.8 Å². The summed E-state index contributed by atoms with van der Waals surface area (Å²) in [4.78, 5) is 13.8. The van der Waals surface area contributed by atoms with Crippen LogP contribution in [-0.2, 0) is 0 Å². The Balaban J connectivity index is 1.59. The number of ether oxygens (including phenoxy) is 2. The summed E-state index contributed by atoms with van der Waals surface area (Å²) < 4.78 is 10.9. The Morgan fingerprint density at radius 3 is 2.90 bits per heavy atom. The van der Waals surface area contributed by atoms with Gasteiger partial charge in [0, 0.05) is 19.2 Å². The third-order valence-electron chi connectivity index (χ3n) is 3.90. The summed E-state index contributed by atoms with van der Waals surface area (Å²) in [6.45, 7) is 2.88. The van der Waals surface area contributed by atoms with E-state index in [1.807, 2.05) is 0 Å². The van der Waals surface area contributed by atoms with Gasteiger partial charge in [0.05, 0.1) is 18.7 Å². The van der Waals surface area contributed by atoms with Gasteiger partial charge in [-0.25, -0.2) is 0 Å². The molecule has 2 atom stereocenters. The second kappa shape index (κ2) is 5.32. The quantitative estimate of drug-likeness (QED) is 0.762. The average molecular weight is 276 g/mol. The molecule has 0 bridgehead atoms. The molecule has 5 nitrogen and oxygen atoms in total. The van der Waals surface area contributed by atoms with Crippen LogP contribution in [0.1, 0.15) is 23.2 Å². The van der Waals surface area contributed by atoms with E-state index in [2.05, 4.69) is 4.90 Å². The van der Waals surface area contributed by atoms with Gasteiger partial charge < -0.3 is 15.2 Å². The highest BCUT2D eigenvalue weighted by Gasteiger charge is 2.38. The Morgan fingerprint density at radius 1 is 1.45 bits per heavy atom. The second-order valence-electron chi connectivity index (χ2n) is 5.59. The molecule has 3 rings (SSSR count). The largest absolute Gasteiger partial charge is 0.497 e. The van der Waals surface area contributed by atoms with E-state index in [1.54, 1.807) is 25.3 Å². The predicted octanol–water partition coefficient (Wildman–Crippen LogP) is 1.27. The smallest absolute Gasteiger partial charge is 0.252 e. The number of primary amides is 1. The van der Waals surface area contributed by atoms with Crippen LogP contribution in [0.4, 0.5) is 0 Å². The molecule has 5 heteroatoms. The van der Waals surface area contributed by atoms with Crippen molar-refractivity contribution < 1.29 is 14.3 Å². The average Bonchev–Trinajstić information content (AvgIpc) is 3.35. The summed E-state index contributed by atoms with van der Waals surface area (Å²) in [6.07, 6.45) is 2.73. The fraction of sp³-hybridized carbons (Fsp3) is 0.533. The summed E-state index contributed by atoms with van der Waals surface area (Å²) in [5.74, 6) is 1.59. The topological polar surface area (TPSA) is 64.6 Å². The van der Waals surface area contributed by atoms with Crippen molar-refractivity contribution in [3.63, 3.8) is 0 Å². The number of benzene rings is 1. The maximum Gasteiger partial charge on any atom is 0.252 e. The lowest BCUT2D eigenvalue weighted by Gasteiger charge is -2.11. The molecule has 1 heterocycles. The Morgan fingerprint density at radius 2 is 2.25 bits per heavy atom. The SMILES string of the molecule is COc1ccc(C(N)=O)c(OCC2CN2CC2CC2)c1. The molecule has 1 aliphatic heterocycles. The summed E-state index contributed by atoms with van der Waals surface area (Å²) >= 11 is 0. The number of nitrogens with two attached hydrogens (primary N) is 1. The van der Waals surface area contributed by atoms with Crippen molar-refractivity contribution in [3.05, 3.63) is 23.8 Å². The van der Waals surface area contributed by atoms with Gasteiger partial charge in [0.25, 0.3) is 5.91 Å². The Labute approximate surface area is 118 Å². The summed E-state index contributed by atoms with van der Waals surface area (Å²) in [5.41, 5.74) is 5.76. The molecule has 0 radical (unpaired) electrons. The molecule has 1 aliphatic carbocycles. The molecule has 2 fully saturated rings. The van der Waals surface area contributed by atoms with E-state index < -0.39 is 5.91 Å². The monoisotopic (exact) mass is 276 g/mol. The van der Waals surface area contributed by atoms with Gasteiger partial charge in [0.1, 0.15) is 18.1 Å². The molecule has 1 amide bonds. The number of carbonyl (C=O) groups excluding carboxylic acids is 1. The Hall–Kier alpha value is -1.75. The maximum atomic E-state index is 11.4. The van der Waals surface area contributed by atoms with Gasteiger partial charge >= 0.3 is 0 Å². The molecule has 1 aromatic carbocycles. The number of nitrogens with zero attached hydrogens (tertiary/aromatic N) is 1. The van der Waals surface area contributed by atoms with Gasteiger partial charge in [-0.15, -0.1) is 0 Å². The summed E-state index contributed by atoms with van der Waals surface area (Å²) in [7, 11) is 1.58. The molecule has 2 N–H and O–H groups in total. The maximum absolute atomic E-state index is 11.4. The Kier molecular flexibility index (Phi) is 3.53. The van der Waals surface area contributed by atoms with Gasteiger partial charge in [-0.1, -0.05) is 0 Å².